The summed E-state index contributed by atoms with van der Waals surface area (Å²) in [6.07, 6.45) is 2.30. The summed E-state index contributed by atoms with van der Waals surface area (Å²) in [5.74, 6) is -0.0760. The third-order valence-corrected chi connectivity index (χ3v) is 4.21. The zero-order valence-corrected chi connectivity index (χ0v) is 14.2. The average Bonchev–Trinajstić information content (AvgIpc) is 3.03. The first-order valence-corrected chi connectivity index (χ1v) is 8.41. The Kier molecular flexibility index (Phi) is 5.36. The van der Waals surface area contributed by atoms with Crippen LogP contribution in [0.25, 0.3) is 10.9 Å². The van der Waals surface area contributed by atoms with Crippen LogP contribution in [0.4, 0.5) is 0 Å². The lowest BCUT2D eigenvalue weighted by Gasteiger charge is -2.16. The van der Waals surface area contributed by atoms with Gasteiger partial charge in [0.2, 0.25) is 0 Å². The lowest BCUT2D eigenvalue weighted by Crippen LogP contribution is -2.38. The van der Waals surface area contributed by atoms with Gasteiger partial charge in [0, 0.05) is 35.6 Å². The van der Waals surface area contributed by atoms with Crippen molar-refractivity contribution < 1.29 is 14.6 Å². The van der Waals surface area contributed by atoms with Gasteiger partial charge in [0.25, 0.3) is 0 Å². The number of benzene rings is 2. The first kappa shape index (κ1) is 17.0. The minimum Gasteiger partial charge on any atom is -0.494 e. The van der Waals surface area contributed by atoms with E-state index in [0.29, 0.717) is 19.6 Å². The summed E-state index contributed by atoms with van der Waals surface area (Å²) in [5.41, 5.74) is 2.96. The topological polar surface area (TPSA) is 74.3 Å². The summed E-state index contributed by atoms with van der Waals surface area (Å²) in [7, 11) is 0. The second-order valence-electron chi connectivity index (χ2n) is 5.88. The summed E-state index contributed by atoms with van der Waals surface area (Å²) < 4.78 is 5.60. The molecule has 3 aromatic rings. The zero-order chi connectivity index (χ0) is 17.6. The van der Waals surface area contributed by atoms with Crippen molar-refractivity contribution in [3.63, 3.8) is 0 Å². The van der Waals surface area contributed by atoms with Crippen molar-refractivity contribution >= 4 is 16.9 Å². The molecule has 0 saturated carbocycles. The summed E-state index contributed by atoms with van der Waals surface area (Å²) in [6.45, 7) is 2.95. The smallest absolute Gasteiger partial charge is 0.321 e. The molecule has 2 aromatic carbocycles. The number of carboxylic acids is 1. The van der Waals surface area contributed by atoms with E-state index in [1.165, 1.54) is 0 Å². The lowest BCUT2D eigenvalue weighted by molar-refractivity contribution is -0.139. The van der Waals surface area contributed by atoms with Crippen molar-refractivity contribution in [2.45, 2.75) is 25.9 Å². The molecule has 0 aliphatic rings. The number of rotatable bonds is 8. The van der Waals surface area contributed by atoms with E-state index >= 15 is 0 Å². The van der Waals surface area contributed by atoms with Crippen molar-refractivity contribution in [1.82, 2.24) is 10.3 Å². The third kappa shape index (κ3) is 4.00. The van der Waals surface area contributed by atoms with Crippen molar-refractivity contribution in [2.75, 3.05) is 6.61 Å². The lowest BCUT2D eigenvalue weighted by atomic mass is 10.0. The molecule has 0 spiro atoms. The normalized spacial score (nSPS) is 12.2. The highest BCUT2D eigenvalue weighted by atomic mass is 16.5. The molecule has 0 saturated heterocycles. The van der Waals surface area contributed by atoms with Crippen molar-refractivity contribution in [2.24, 2.45) is 0 Å². The third-order valence-electron chi connectivity index (χ3n) is 4.21. The number of H-pyrrole nitrogens is 1. The van der Waals surface area contributed by atoms with Gasteiger partial charge in [0.15, 0.2) is 0 Å². The van der Waals surface area contributed by atoms with Crippen molar-refractivity contribution in [3.8, 4) is 5.75 Å². The van der Waals surface area contributed by atoms with Gasteiger partial charge in [-0.2, -0.15) is 0 Å². The van der Waals surface area contributed by atoms with Crippen LogP contribution in [0.15, 0.2) is 54.7 Å². The molecule has 5 nitrogen and oxygen atoms in total. The number of para-hydroxylation sites is 2. The number of carbonyl (C=O) groups is 1. The van der Waals surface area contributed by atoms with E-state index in [4.69, 9.17) is 4.74 Å². The van der Waals surface area contributed by atoms with Crippen LogP contribution < -0.4 is 10.1 Å². The maximum Gasteiger partial charge on any atom is 0.321 e. The van der Waals surface area contributed by atoms with Crippen molar-refractivity contribution in [1.29, 1.82) is 0 Å². The largest absolute Gasteiger partial charge is 0.494 e. The quantitative estimate of drug-likeness (QED) is 0.589. The Morgan fingerprint density at radius 2 is 1.92 bits per heavy atom. The van der Waals surface area contributed by atoms with Gasteiger partial charge in [-0.25, -0.2) is 0 Å². The Balaban J connectivity index is 1.73. The molecule has 25 heavy (non-hydrogen) atoms. The minimum absolute atomic E-state index is 0.413. The fourth-order valence-electron chi connectivity index (χ4n) is 2.95. The highest BCUT2D eigenvalue weighted by Gasteiger charge is 2.19. The highest BCUT2D eigenvalue weighted by molar-refractivity contribution is 5.84. The van der Waals surface area contributed by atoms with Crippen LogP contribution in [0.2, 0.25) is 0 Å². The molecule has 1 aromatic heterocycles. The van der Waals surface area contributed by atoms with E-state index in [0.717, 1.165) is 27.8 Å². The number of ether oxygens (including phenoxy) is 1. The molecule has 3 rings (SSSR count). The molecule has 5 heteroatoms. The number of carboxylic acid groups (broad SMARTS) is 1. The van der Waals surface area contributed by atoms with Gasteiger partial charge in [-0.1, -0.05) is 36.4 Å². The Bertz CT molecular complexity index is 857. The summed E-state index contributed by atoms with van der Waals surface area (Å²) in [6, 6.07) is 14.9. The molecule has 1 heterocycles. The van der Waals surface area contributed by atoms with Crippen LogP contribution in [0.5, 0.6) is 5.75 Å². The van der Waals surface area contributed by atoms with E-state index in [1.807, 2.05) is 61.7 Å². The molecule has 1 unspecified atom stereocenters. The van der Waals surface area contributed by atoms with Gasteiger partial charge in [0.05, 0.1) is 6.61 Å². The Hall–Kier alpha value is -2.79. The van der Waals surface area contributed by atoms with E-state index in [9.17, 15) is 9.90 Å². The second kappa shape index (κ2) is 7.85. The molecule has 0 radical (unpaired) electrons. The summed E-state index contributed by atoms with van der Waals surface area (Å²) in [4.78, 5) is 14.9. The number of fused-ring (bicyclic) bond motifs is 1. The van der Waals surface area contributed by atoms with Gasteiger partial charge in [-0.15, -0.1) is 0 Å². The standard InChI is InChI=1S/C20H22N2O3/c1-2-25-19-10-6-3-7-14(19)12-22-18(20(23)24)11-15-13-21-17-9-5-4-8-16(15)17/h3-10,13,18,21-22H,2,11-12H2,1H3,(H,23,24). The molecule has 0 amide bonds. The molecular weight excluding hydrogens is 316 g/mol. The molecule has 130 valence electrons. The van der Waals surface area contributed by atoms with E-state index in [2.05, 4.69) is 10.3 Å². The van der Waals surface area contributed by atoms with Gasteiger partial charge in [-0.3, -0.25) is 10.1 Å². The Morgan fingerprint density at radius 3 is 2.72 bits per heavy atom. The minimum atomic E-state index is -0.862. The van der Waals surface area contributed by atoms with Gasteiger partial charge >= 0.3 is 5.97 Å². The highest BCUT2D eigenvalue weighted by Crippen LogP contribution is 2.20. The van der Waals surface area contributed by atoms with Crippen molar-refractivity contribution in [3.05, 3.63) is 65.9 Å². The summed E-state index contributed by atoms with van der Waals surface area (Å²) >= 11 is 0. The van der Waals surface area contributed by atoms with Crippen LogP contribution in [0.1, 0.15) is 18.1 Å². The molecule has 0 fully saturated rings. The SMILES string of the molecule is CCOc1ccccc1CNC(Cc1c[nH]c2ccccc12)C(=O)O. The molecular formula is C20H22N2O3. The maximum absolute atomic E-state index is 11.7. The van der Waals surface area contributed by atoms with Gasteiger partial charge < -0.3 is 14.8 Å². The molecule has 1 atom stereocenters. The Labute approximate surface area is 146 Å². The molecule has 3 N–H and O–H groups in total. The van der Waals surface area contributed by atoms with E-state index in [1.54, 1.807) is 0 Å². The number of aromatic nitrogens is 1. The fraction of sp³-hybridized carbons (Fsp3) is 0.250. The number of hydrogen-bond acceptors (Lipinski definition) is 3. The average molecular weight is 338 g/mol. The van der Waals surface area contributed by atoms with E-state index in [-0.39, 0.29) is 0 Å². The first-order chi connectivity index (χ1) is 12.2. The van der Waals surface area contributed by atoms with Crippen LogP contribution in [0, 0.1) is 0 Å². The zero-order valence-electron chi connectivity index (χ0n) is 14.2. The number of nitrogens with one attached hydrogen (secondary N) is 2. The van der Waals surface area contributed by atoms with E-state index < -0.39 is 12.0 Å². The maximum atomic E-state index is 11.7. The molecule has 0 aliphatic carbocycles. The summed E-state index contributed by atoms with van der Waals surface area (Å²) in [5, 5.41) is 13.8. The second-order valence-corrected chi connectivity index (χ2v) is 5.88. The van der Waals surface area contributed by atoms with Crippen LogP contribution in [-0.4, -0.2) is 28.7 Å². The number of aliphatic carboxylic acids is 1. The molecule has 0 aliphatic heterocycles. The van der Waals surface area contributed by atoms with Crippen LogP contribution in [0.3, 0.4) is 0 Å². The van der Waals surface area contributed by atoms with Gasteiger partial charge in [0.1, 0.15) is 11.8 Å². The number of hydrogen-bond donors (Lipinski definition) is 3. The fourth-order valence-corrected chi connectivity index (χ4v) is 2.95. The first-order valence-electron chi connectivity index (χ1n) is 8.41. The Morgan fingerprint density at radius 1 is 1.16 bits per heavy atom. The van der Waals surface area contributed by atoms with Crippen LogP contribution in [-0.2, 0) is 17.8 Å². The predicted octanol–water partition coefficient (Wildman–Crippen LogP) is 3.35. The van der Waals surface area contributed by atoms with Gasteiger partial charge in [-0.05, 0) is 24.6 Å². The number of aromatic amines is 1. The predicted molar refractivity (Wildman–Crippen MR) is 97.9 cm³/mol. The molecule has 0 bridgehead atoms. The van der Waals surface area contributed by atoms with Crippen LogP contribution >= 0.6 is 0 Å². The monoisotopic (exact) mass is 338 g/mol.